The largest absolute Gasteiger partial charge is 0.381 e. The minimum absolute atomic E-state index is 0. The van der Waals surface area contributed by atoms with Crippen LogP contribution in [0.4, 0.5) is 5.69 Å². The average molecular weight is 449 g/mol. The molecule has 24 heavy (non-hydrogen) atoms. The number of hydrogen-bond donors (Lipinski definition) is 3. The predicted molar refractivity (Wildman–Crippen MR) is 108 cm³/mol. The van der Waals surface area contributed by atoms with E-state index in [1.165, 1.54) is 0 Å². The Morgan fingerprint density at radius 2 is 2.17 bits per heavy atom. The van der Waals surface area contributed by atoms with Crippen LogP contribution in [0.1, 0.15) is 20.3 Å². The van der Waals surface area contributed by atoms with Crippen molar-refractivity contribution < 1.29 is 9.53 Å². The highest BCUT2D eigenvalue weighted by Crippen LogP contribution is 2.01. The predicted octanol–water partition coefficient (Wildman–Crippen LogP) is 1.87. The maximum atomic E-state index is 11.8. The highest BCUT2D eigenvalue weighted by Gasteiger charge is 2.04. The second kappa shape index (κ2) is 14.0. The zero-order chi connectivity index (χ0) is 16.9. The Morgan fingerprint density at radius 1 is 1.38 bits per heavy atom. The van der Waals surface area contributed by atoms with Crippen LogP contribution in [-0.2, 0) is 9.53 Å². The molecule has 0 saturated carbocycles. The Labute approximate surface area is 161 Å². The van der Waals surface area contributed by atoms with Crippen LogP contribution in [0, 0.1) is 5.92 Å². The van der Waals surface area contributed by atoms with Crippen LogP contribution in [-0.4, -0.2) is 50.2 Å². The van der Waals surface area contributed by atoms with E-state index in [2.05, 4.69) is 39.8 Å². The fourth-order valence-electron chi connectivity index (χ4n) is 1.73. The highest BCUT2D eigenvalue weighted by molar-refractivity contribution is 14.0. The normalized spacial score (nSPS) is 10.9. The number of anilines is 1. The van der Waals surface area contributed by atoms with Crippen LogP contribution in [0.25, 0.3) is 0 Å². The number of halogens is 1. The Kier molecular flexibility index (Phi) is 13.1. The van der Waals surface area contributed by atoms with E-state index in [1.54, 1.807) is 31.6 Å². The Morgan fingerprint density at radius 3 is 2.79 bits per heavy atom. The molecule has 0 aromatic carbocycles. The molecule has 0 fully saturated rings. The summed E-state index contributed by atoms with van der Waals surface area (Å²) >= 11 is 0. The number of guanidine groups is 1. The van der Waals surface area contributed by atoms with Crippen molar-refractivity contribution in [2.75, 3.05) is 38.7 Å². The summed E-state index contributed by atoms with van der Waals surface area (Å²) in [6.45, 7) is 6.62. The molecule has 136 valence electrons. The fraction of sp³-hybridized carbons (Fsp3) is 0.562. The van der Waals surface area contributed by atoms with E-state index in [4.69, 9.17) is 4.74 Å². The van der Waals surface area contributed by atoms with Gasteiger partial charge in [-0.2, -0.15) is 0 Å². The number of nitrogens with one attached hydrogen (secondary N) is 3. The lowest BCUT2D eigenvalue weighted by Crippen LogP contribution is -2.41. The monoisotopic (exact) mass is 449 g/mol. The van der Waals surface area contributed by atoms with E-state index in [0.717, 1.165) is 19.6 Å². The van der Waals surface area contributed by atoms with Gasteiger partial charge in [0.2, 0.25) is 5.91 Å². The standard InChI is InChI=1S/C16H27N5O2.HI/c1-13(2)12-23-9-5-8-19-16(17-3)20-11-15(22)21-14-6-4-7-18-10-14;/h4,6-7,10,13H,5,8-9,11-12H2,1-3H3,(H,21,22)(H2,17,19,20);1H. The molecule has 7 nitrogen and oxygen atoms in total. The molecule has 0 saturated heterocycles. The summed E-state index contributed by atoms with van der Waals surface area (Å²) in [5.74, 6) is 0.993. The van der Waals surface area contributed by atoms with Crippen LogP contribution in [0.2, 0.25) is 0 Å². The molecule has 3 N–H and O–H groups in total. The van der Waals surface area contributed by atoms with Gasteiger partial charge in [-0.25, -0.2) is 0 Å². The Bertz CT molecular complexity index is 483. The second-order valence-corrected chi connectivity index (χ2v) is 5.46. The molecule has 0 aliphatic heterocycles. The van der Waals surface area contributed by atoms with E-state index >= 15 is 0 Å². The van der Waals surface area contributed by atoms with Gasteiger partial charge in [0, 0.05) is 33.0 Å². The van der Waals surface area contributed by atoms with Crippen molar-refractivity contribution in [2.24, 2.45) is 10.9 Å². The van der Waals surface area contributed by atoms with E-state index in [1.807, 2.05) is 0 Å². The molecule has 1 rings (SSSR count). The quantitative estimate of drug-likeness (QED) is 0.232. The van der Waals surface area contributed by atoms with Crippen molar-refractivity contribution in [3.63, 3.8) is 0 Å². The number of nitrogens with zero attached hydrogens (tertiary/aromatic N) is 2. The number of aliphatic imine (C=N–C) groups is 1. The molecule has 0 bridgehead atoms. The summed E-state index contributed by atoms with van der Waals surface area (Å²) in [5, 5.41) is 8.86. The lowest BCUT2D eigenvalue weighted by molar-refractivity contribution is -0.115. The zero-order valence-electron chi connectivity index (χ0n) is 14.5. The summed E-state index contributed by atoms with van der Waals surface area (Å²) in [6, 6.07) is 3.56. The van der Waals surface area contributed by atoms with Crippen LogP contribution >= 0.6 is 24.0 Å². The summed E-state index contributed by atoms with van der Waals surface area (Å²) in [6.07, 6.45) is 4.14. The number of amides is 1. The molecule has 0 atom stereocenters. The van der Waals surface area contributed by atoms with Crippen molar-refractivity contribution in [2.45, 2.75) is 20.3 Å². The smallest absolute Gasteiger partial charge is 0.243 e. The number of pyridine rings is 1. The number of rotatable bonds is 9. The zero-order valence-corrected chi connectivity index (χ0v) is 16.9. The molecule has 1 heterocycles. The molecule has 1 amide bonds. The summed E-state index contributed by atoms with van der Waals surface area (Å²) in [5.41, 5.74) is 0.671. The van der Waals surface area contributed by atoms with Gasteiger partial charge in [-0.1, -0.05) is 13.8 Å². The third-order valence-electron chi connectivity index (χ3n) is 2.79. The first kappa shape index (κ1) is 22.6. The van der Waals surface area contributed by atoms with Crippen LogP contribution in [0.5, 0.6) is 0 Å². The minimum Gasteiger partial charge on any atom is -0.381 e. The van der Waals surface area contributed by atoms with Crippen LogP contribution in [0.15, 0.2) is 29.5 Å². The van der Waals surface area contributed by atoms with Crippen molar-refractivity contribution in [3.8, 4) is 0 Å². The van der Waals surface area contributed by atoms with Gasteiger partial charge in [0.25, 0.3) is 0 Å². The first-order valence-corrected chi connectivity index (χ1v) is 7.84. The maximum Gasteiger partial charge on any atom is 0.243 e. The molecule has 0 aliphatic carbocycles. The summed E-state index contributed by atoms with van der Waals surface area (Å²) in [7, 11) is 1.67. The topological polar surface area (TPSA) is 87.6 Å². The third-order valence-corrected chi connectivity index (χ3v) is 2.79. The summed E-state index contributed by atoms with van der Waals surface area (Å²) < 4.78 is 5.50. The fourth-order valence-corrected chi connectivity index (χ4v) is 1.73. The van der Waals surface area contributed by atoms with Gasteiger partial charge in [-0.05, 0) is 24.5 Å². The summed E-state index contributed by atoms with van der Waals surface area (Å²) in [4.78, 5) is 19.8. The number of hydrogen-bond acceptors (Lipinski definition) is 4. The van der Waals surface area contributed by atoms with Gasteiger partial charge in [0.15, 0.2) is 5.96 Å². The van der Waals surface area contributed by atoms with Gasteiger partial charge in [0.1, 0.15) is 0 Å². The van der Waals surface area contributed by atoms with Crippen molar-refractivity contribution >= 4 is 41.5 Å². The number of ether oxygens (including phenoxy) is 1. The number of carbonyl (C=O) groups is 1. The molecule has 0 spiro atoms. The van der Waals surface area contributed by atoms with E-state index in [9.17, 15) is 4.79 Å². The molecular weight excluding hydrogens is 421 g/mol. The number of aromatic nitrogens is 1. The number of carbonyl (C=O) groups excluding carboxylic acids is 1. The van der Waals surface area contributed by atoms with E-state index in [0.29, 0.717) is 24.2 Å². The van der Waals surface area contributed by atoms with E-state index < -0.39 is 0 Å². The lowest BCUT2D eigenvalue weighted by Gasteiger charge is -2.12. The average Bonchev–Trinajstić information content (AvgIpc) is 2.54. The van der Waals surface area contributed by atoms with Crippen LogP contribution in [0.3, 0.4) is 0 Å². The molecule has 1 aromatic rings. The first-order valence-electron chi connectivity index (χ1n) is 7.84. The molecular formula is C16H28IN5O2. The molecule has 0 unspecified atom stereocenters. The molecule has 0 aliphatic rings. The second-order valence-electron chi connectivity index (χ2n) is 5.46. The SMILES string of the molecule is CN=C(NCCCOCC(C)C)NCC(=O)Nc1cccnc1.I. The highest BCUT2D eigenvalue weighted by atomic mass is 127. The van der Waals surface area contributed by atoms with Gasteiger partial charge < -0.3 is 20.7 Å². The van der Waals surface area contributed by atoms with Crippen molar-refractivity contribution in [1.82, 2.24) is 15.6 Å². The van der Waals surface area contributed by atoms with Crippen LogP contribution < -0.4 is 16.0 Å². The van der Waals surface area contributed by atoms with Gasteiger partial charge in [-0.15, -0.1) is 24.0 Å². The van der Waals surface area contributed by atoms with Crippen molar-refractivity contribution in [1.29, 1.82) is 0 Å². The van der Waals surface area contributed by atoms with Crippen molar-refractivity contribution in [3.05, 3.63) is 24.5 Å². The Balaban J connectivity index is 0.00000529. The Hall–Kier alpha value is -1.42. The van der Waals surface area contributed by atoms with E-state index in [-0.39, 0.29) is 36.4 Å². The molecule has 1 aromatic heterocycles. The minimum atomic E-state index is -0.152. The third kappa shape index (κ3) is 11.2. The van der Waals surface area contributed by atoms with Gasteiger partial charge >= 0.3 is 0 Å². The van der Waals surface area contributed by atoms with Gasteiger partial charge in [-0.3, -0.25) is 14.8 Å². The molecule has 8 heteroatoms. The lowest BCUT2D eigenvalue weighted by atomic mass is 10.2. The maximum absolute atomic E-state index is 11.8. The van der Waals surface area contributed by atoms with Gasteiger partial charge in [0.05, 0.1) is 18.4 Å². The first-order chi connectivity index (χ1) is 11.1. The molecule has 0 radical (unpaired) electrons.